The summed E-state index contributed by atoms with van der Waals surface area (Å²) in [4.78, 5) is 20.3. The Morgan fingerprint density at radius 2 is 1.94 bits per heavy atom. The van der Waals surface area contributed by atoms with Gasteiger partial charge in [0, 0.05) is 25.2 Å². The van der Waals surface area contributed by atoms with E-state index in [0.717, 1.165) is 12.1 Å². The van der Waals surface area contributed by atoms with E-state index in [1.54, 1.807) is 18.2 Å². The number of anilines is 1. The third-order valence-corrected chi connectivity index (χ3v) is 5.79. The van der Waals surface area contributed by atoms with E-state index in [1.807, 2.05) is 17.1 Å². The molecule has 2 aliphatic heterocycles. The number of aromatic nitrogens is 2. The van der Waals surface area contributed by atoms with Crippen LogP contribution in [0.3, 0.4) is 0 Å². The molecule has 3 aromatic rings. The molecule has 33 heavy (non-hydrogen) atoms. The molecule has 2 N–H and O–H groups in total. The Balaban J connectivity index is 1.32. The van der Waals surface area contributed by atoms with E-state index in [-0.39, 0.29) is 11.9 Å². The summed E-state index contributed by atoms with van der Waals surface area (Å²) < 4.78 is 50.2. The Labute approximate surface area is 187 Å². The van der Waals surface area contributed by atoms with Crippen LogP contribution in [0.2, 0.25) is 0 Å². The van der Waals surface area contributed by atoms with E-state index >= 15 is 0 Å². The Morgan fingerprint density at radius 3 is 2.73 bits per heavy atom. The fraction of sp³-hybridized carbons (Fsp3) is 0.364. The Hall–Kier alpha value is -3.47. The predicted molar refractivity (Wildman–Crippen MR) is 114 cm³/mol. The summed E-state index contributed by atoms with van der Waals surface area (Å²) in [5.41, 5.74) is 0.472. The van der Waals surface area contributed by atoms with Crippen molar-refractivity contribution in [3.05, 3.63) is 47.5 Å². The second-order valence-corrected chi connectivity index (χ2v) is 8.07. The maximum absolute atomic E-state index is 13.0. The molecule has 5 rings (SSSR count). The Kier molecular flexibility index (Phi) is 5.28. The van der Waals surface area contributed by atoms with Gasteiger partial charge in [-0.2, -0.15) is 13.2 Å². The van der Waals surface area contributed by atoms with Gasteiger partial charge in [0.15, 0.2) is 11.5 Å². The number of carbonyl (C=O) groups is 1. The summed E-state index contributed by atoms with van der Waals surface area (Å²) in [7, 11) is 1.87. The minimum Gasteiger partial charge on any atom is -0.486 e. The molecule has 0 saturated carbocycles. The van der Waals surface area contributed by atoms with Crippen molar-refractivity contribution in [1.82, 2.24) is 20.3 Å². The number of nitrogens with zero attached hydrogens (tertiary/aromatic N) is 3. The average Bonchev–Trinajstić information content (AvgIpc) is 3.22. The van der Waals surface area contributed by atoms with E-state index in [0.29, 0.717) is 66.8 Å². The van der Waals surface area contributed by atoms with Crippen LogP contribution in [-0.4, -0.2) is 60.3 Å². The molecule has 2 aliphatic rings. The molecular formula is C22H22F3N5O3. The van der Waals surface area contributed by atoms with Crippen molar-refractivity contribution in [2.75, 3.05) is 38.4 Å². The van der Waals surface area contributed by atoms with Gasteiger partial charge in [-0.05, 0) is 42.8 Å². The lowest BCUT2D eigenvalue weighted by Gasteiger charge is -2.40. The zero-order valence-electron chi connectivity index (χ0n) is 17.8. The van der Waals surface area contributed by atoms with Gasteiger partial charge >= 0.3 is 6.18 Å². The second-order valence-electron chi connectivity index (χ2n) is 8.07. The van der Waals surface area contributed by atoms with Crippen molar-refractivity contribution in [2.45, 2.75) is 18.6 Å². The van der Waals surface area contributed by atoms with Crippen LogP contribution in [0.4, 0.5) is 19.1 Å². The van der Waals surface area contributed by atoms with Crippen LogP contribution in [-0.2, 0) is 6.18 Å². The van der Waals surface area contributed by atoms with Gasteiger partial charge in [-0.25, -0.2) is 9.99 Å². The number of aromatic amines is 1. The molecule has 0 spiro atoms. The van der Waals surface area contributed by atoms with Crippen molar-refractivity contribution in [2.24, 2.45) is 0 Å². The summed E-state index contributed by atoms with van der Waals surface area (Å²) in [5.74, 6) is 1.34. The zero-order valence-corrected chi connectivity index (χ0v) is 17.8. The highest BCUT2D eigenvalue weighted by Gasteiger charge is 2.32. The monoisotopic (exact) mass is 461 g/mol. The van der Waals surface area contributed by atoms with Gasteiger partial charge in [-0.1, -0.05) is 0 Å². The van der Waals surface area contributed by atoms with Gasteiger partial charge in [0.2, 0.25) is 5.95 Å². The van der Waals surface area contributed by atoms with Crippen molar-refractivity contribution in [3.8, 4) is 11.5 Å². The fourth-order valence-electron chi connectivity index (χ4n) is 4.02. The molecule has 174 valence electrons. The first-order valence-electron chi connectivity index (χ1n) is 10.5. The SMILES string of the molecule is CN1CCC(NC(=O)c2ccc3c(c2)OCCO3)CN1c1nc2ccc(C(F)(F)F)cc2[nH]1. The number of fused-ring (bicyclic) bond motifs is 2. The first kappa shape index (κ1) is 21.4. The van der Waals surface area contributed by atoms with Crippen LogP contribution in [0.15, 0.2) is 36.4 Å². The highest BCUT2D eigenvalue weighted by atomic mass is 19.4. The van der Waals surface area contributed by atoms with E-state index < -0.39 is 11.7 Å². The van der Waals surface area contributed by atoms with Crippen molar-refractivity contribution in [3.63, 3.8) is 0 Å². The maximum Gasteiger partial charge on any atom is 0.416 e. The van der Waals surface area contributed by atoms with Crippen LogP contribution >= 0.6 is 0 Å². The number of carbonyl (C=O) groups excluding carboxylic acids is 1. The molecule has 0 radical (unpaired) electrons. The molecule has 1 fully saturated rings. The first-order chi connectivity index (χ1) is 15.8. The quantitative estimate of drug-likeness (QED) is 0.624. The number of hydrogen-bond donors (Lipinski definition) is 2. The molecule has 2 aromatic carbocycles. The smallest absolute Gasteiger partial charge is 0.416 e. The number of rotatable bonds is 3. The summed E-state index contributed by atoms with van der Waals surface area (Å²) in [6.45, 7) is 1.96. The first-order valence-corrected chi connectivity index (χ1v) is 10.5. The molecular weight excluding hydrogens is 439 g/mol. The van der Waals surface area contributed by atoms with Crippen molar-refractivity contribution >= 4 is 22.9 Å². The third-order valence-electron chi connectivity index (χ3n) is 5.79. The van der Waals surface area contributed by atoms with Gasteiger partial charge in [0.05, 0.1) is 23.1 Å². The van der Waals surface area contributed by atoms with E-state index in [4.69, 9.17) is 9.47 Å². The van der Waals surface area contributed by atoms with E-state index in [9.17, 15) is 18.0 Å². The molecule has 1 unspecified atom stereocenters. The zero-order chi connectivity index (χ0) is 23.2. The molecule has 1 atom stereocenters. The number of ether oxygens (including phenoxy) is 2. The average molecular weight is 461 g/mol. The number of H-pyrrole nitrogens is 1. The largest absolute Gasteiger partial charge is 0.486 e. The van der Waals surface area contributed by atoms with E-state index in [1.165, 1.54) is 6.07 Å². The summed E-state index contributed by atoms with van der Waals surface area (Å²) in [6, 6.07) is 8.30. The number of halogens is 3. The predicted octanol–water partition coefficient (Wildman–Crippen LogP) is 3.21. The standard InChI is InChI=1S/C22H22F3N5O3/c1-29-7-6-15(26-20(31)13-2-5-18-19(10-13)33-9-8-32-18)12-30(29)21-27-16-4-3-14(22(23,24)25)11-17(16)28-21/h2-5,10-11,15H,6-9,12H2,1H3,(H,26,31)(H,27,28). The van der Waals surface area contributed by atoms with Gasteiger partial charge in [-0.3, -0.25) is 9.80 Å². The highest BCUT2D eigenvalue weighted by Crippen LogP contribution is 2.32. The van der Waals surface area contributed by atoms with Crippen LogP contribution in [0, 0.1) is 0 Å². The number of imidazole rings is 1. The Morgan fingerprint density at radius 1 is 1.15 bits per heavy atom. The second kappa shape index (κ2) is 8.14. The van der Waals surface area contributed by atoms with Gasteiger partial charge < -0.3 is 19.8 Å². The molecule has 0 aliphatic carbocycles. The number of nitrogens with one attached hydrogen (secondary N) is 2. The van der Waals surface area contributed by atoms with Crippen LogP contribution < -0.4 is 19.8 Å². The number of amides is 1. The molecule has 0 bridgehead atoms. The minimum atomic E-state index is -4.43. The van der Waals surface area contributed by atoms with Crippen molar-refractivity contribution in [1.29, 1.82) is 0 Å². The van der Waals surface area contributed by atoms with Gasteiger partial charge in [-0.15, -0.1) is 0 Å². The maximum atomic E-state index is 13.0. The van der Waals surface area contributed by atoms with E-state index in [2.05, 4.69) is 15.3 Å². The number of alkyl halides is 3. The fourth-order valence-corrected chi connectivity index (χ4v) is 4.02. The van der Waals surface area contributed by atoms with Crippen molar-refractivity contribution < 1.29 is 27.4 Å². The molecule has 1 saturated heterocycles. The highest BCUT2D eigenvalue weighted by molar-refractivity contribution is 5.95. The minimum absolute atomic E-state index is 0.180. The lowest BCUT2D eigenvalue weighted by Crippen LogP contribution is -2.56. The summed E-state index contributed by atoms with van der Waals surface area (Å²) in [6.07, 6.45) is -3.72. The topological polar surface area (TPSA) is 82.7 Å². The third kappa shape index (κ3) is 4.28. The lowest BCUT2D eigenvalue weighted by atomic mass is 10.1. The molecule has 8 nitrogen and oxygen atoms in total. The van der Waals surface area contributed by atoms with Gasteiger partial charge in [0.25, 0.3) is 5.91 Å². The number of hydrogen-bond acceptors (Lipinski definition) is 6. The molecule has 3 heterocycles. The van der Waals surface area contributed by atoms with Crippen LogP contribution in [0.5, 0.6) is 11.5 Å². The van der Waals surface area contributed by atoms with Crippen LogP contribution in [0.1, 0.15) is 22.3 Å². The van der Waals surface area contributed by atoms with Gasteiger partial charge in [0.1, 0.15) is 13.2 Å². The lowest BCUT2D eigenvalue weighted by molar-refractivity contribution is -0.137. The molecule has 1 amide bonds. The number of benzene rings is 2. The molecule has 11 heteroatoms. The summed E-state index contributed by atoms with van der Waals surface area (Å²) in [5, 5.41) is 6.78. The molecule has 1 aromatic heterocycles. The summed E-state index contributed by atoms with van der Waals surface area (Å²) >= 11 is 0. The normalized spacial score (nSPS) is 19.0. The Bertz CT molecular complexity index is 1200. The number of hydrazine groups is 1. The van der Waals surface area contributed by atoms with Crippen LogP contribution in [0.25, 0.3) is 11.0 Å².